The van der Waals surface area contributed by atoms with Crippen LogP contribution in [0.4, 0.5) is 0 Å². The van der Waals surface area contributed by atoms with E-state index in [1.165, 1.54) is 14.0 Å². The Morgan fingerprint density at radius 1 is 1.39 bits per heavy atom. The minimum Gasteiger partial charge on any atom is -0.478 e. The number of nitrogens with two attached hydrogens (primary N) is 2. The molecule has 11 nitrogen and oxygen atoms in total. The number of ether oxygens (including phenoxy) is 1. The highest BCUT2D eigenvalue weighted by molar-refractivity contribution is 5.86. The summed E-state index contributed by atoms with van der Waals surface area (Å²) >= 11 is 0. The van der Waals surface area contributed by atoms with E-state index in [1.54, 1.807) is 0 Å². The number of aliphatic hydroxyl groups is 1. The maximum atomic E-state index is 11.6. The van der Waals surface area contributed by atoms with Crippen molar-refractivity contribution in [3.8, 4) is 0 Å². The van der Waals surface area contributed by atoms with Crippen LogP contribution in [0.5, 0.6) is 0 Å². The smallest absolute Gasteiger partial charge is 0.370 e. The van der Waals surface area contributed by atoms with Crippen LogP contribution < -0.4 is 22.1 Å². The van der Waals surface area contributed by atoms with Gasteiger partial charge in [0.05, 0.1) is 12.1 Å². The largest absolute Gasteiger partial charge is 0.478 e. The number of nitrogens with zero attached hydrogens (tertiary/aromatic N) is 1. The summed E-state index contributed by atoms with van der Waals surface area (Å²) < 4.78 is 5.14. The molecule has 128 valence electrons. The Balaban J connectivity index is 3.31. The number of carbonyl (C=O) groups excluding carboxylic acids is 2. The molecule has 0 aromatic carbocycles. The average molecular weight is 329 g/mol. The number of carboxylic acids is 1. The molecule has 1 aliphatic rings. The van der Waals surface area contributed by atoms with Crippen LogP contribution in [0.25, 0.3) is 0 Å². The number of guanidine groups is 1. The Kier molecular flexibility index (Phi) is 5.90. The van der Waals surface area contributed by atoms with Gasteiger partial charge in [-0.2, -0.15) is 0 Å². The first kappa shape index (κ1) is 18.2. The van der Waals surface area contributed by atoms with Crippen LogP contribution in [0.15, 0.2) is 16.8 Å². The number of aliphatic hydroxyl groups excluding tert-OH is 1. The van der Waals surface area contributed by atoms with Crippen LogP contribution in [0.2, 0.25) is 0 Å². The number of aliphatic imine (C=N–C) groups is 1. The molecule has 0 fully saturated rings. The molecule has 4 atom stereocenters. The molecule has 0 saturated heterocycles. The van der Waals surface area contributed by atoms with Gasteiger partial charge in [-0.3, -0.25) is 9.59 Å². The van der Waals surface area contributed by atoms with Crippen molar-refractivity contribution in [3.63, 3.8) is 0 Å². The van der Waals surface area contributed by atoms with Crippen molar-refractivity contribution in [1.82, 2.24) is 10.6 Å². The zero-order chi connectivity index (χ0) is 17.7. The zero-order valence-electron chi connectivity index (χ0n) is 12.5. The fourth-order valence-electron chi connectivity index (χ4n) is 2.08. The number of amides is 2. The van der Waals surface area contributed by atoms with Gasteiger partial charge in [-0.25, -0.2) is 9.79 Å². The molecule has 11 heteroatoms. The Morgan fingerprint density at radius 3 is 2.43 bits per heavy atom. The van der Waals surface area contributed by atoms with Crippen LogP contribution in [0.3, 0.4) is 0 Å². The lowest BCUT2D eigenvalue weighted by molar-refractivity contribution is -0.147. The lowest BCUT2D eigenvalue weighted by Gasteiger charge is -2.36. The highest BCUT2D eigenvalue weighted by Crippen LogP contribution is 2.23. The summed E-state index contributed by atoms with van der Waals surface area (Å²) in [5, 5.41) is 23.8. The van der Waals surface area contributed by atoms with Crippen LogP contribution in [0, 0.1) is 0 Å². The van der Waals surface area contributed by atoms with E-state index in [-0.39, 0.29) is 5.96 Å². The quantitative estimate of drug-likeness (QED) is 0.222. The highest BCUT2D eigenvalue weighted by Gasteiger charge is 2.43. The van der Waals surface area contributed by atoms with E-state index in [0.29, 0.717) is 0 Å². The van der Waals surface area contributed by atoms with Crippen molar-refractivity contribution < 1.29 is 29.3 Å². The maximum Gasteiger partial charge on any atom is 0.370 e. The van der Waals surface area contributed by atoms with Gasteiger partial charge in [-0.15, -0.1) is 0 Å². The van der Waals surface area contributed by atoms with E-state index in [0.717, 1.165) is 6.08 Å². The molecule has 1 rings (SSSR count). The van der Waals surface area contributed by atoms with Crippen molar-refractivity contribution >= 4 is 23.7 Å². The van der Waals surface area contributed by atoms with Gasteiger partial charge in [0.15, 0.2) is 18.2 Å². The van der Waals surface area contributed by atoms with Crippen LogP contribution in [-0.2, 0) is 19.1 Å². The number of hydrogen-bond donors (Lipinski definition) is 6. The summed E-state index contributed by atoms with van der Waals surface area (Å²) in [6, 6.07) is -2.09. The predicted octanol–water partition coefficient (Wildman–Crippen LogP) is -3.39. The van der Waals surface area contributed by atoms with Crippen molar-refractivity contribution in [2.45, 2.75) is 31.2 Å². The van der Waals surface area contributed by atoms with Gasteiger partial charge in [-0.05, 0) is 6.08 Å². The number of aliphatic carboxylic acids is 1. The average Bonchev–Trinajstić information content (AvgIpc) is 2.45. The summed E-state index contributed by atoms with van der Waals surface area (Å²) in [6.07, 6.45) is -2.07. The second-order valence-corrected chi connectivity index (χ2v) is 4.75. The third kappa shape index (κ3) is 4.57. The number of nitrogens with one attached hydrogen (secondary N) is 2. The number of carboxylic acid groups (broad SMARTS) is 1. The Morgan fingerprint density at radius 2 is 2.00 bits per heavy atom. The van der Waals surface area contributed by atoms with Crippen molar-refractivity contribution in [2.24, 2.45) is 16.5 Å². The second kappa shape index (κ2) is 7.45. The van der Waals surface area contributed by atoms with Gasteiger partial charge in [0.25, 0.3) is 5.91 Å². The van der Waals surface area contributed by atoms with E-state index in [1.807, 2.05) is 0 Å². The summed E-state index contributed by atoms with van der Waals surface area (Å²) in [5.41, 5.74) is 10.6. The molecule has 8 N–H and O–H groups in total. The van der Waals surface area contributed by atoms with E-state index in [4.69, 9.17) is 21.3 Å². The number of likely N-dealkylation sites (N-methyl/N-ethyl adjacent to an activating group) is 1. The van der Waals surface area contributed by atoms with E-state index in [9.17, 15) is 19.5 Å². The topological polar surface area (TPSA) is 189 Å². The monoisotopic (exact) mass is 329 g/mol. The third-order valence-corrected chi connectivity index (χ3v) is 3.01. The summed E-state index contributed by atoms with van der Waals surface area (Å²) in [4.78, 5) is 38.0. The standard InChI is InChI=1S/C12H19N5O6/c1-4(18)16-7-5(17-12(13)14)3-6(11(21)22)23-9(7)8(19)10(20)15-2/h3,5,7-9,19H,1-2H3,(H,15,20)(H,16,18)(H,21,22)(H4,13,14,17)/t5-,7+,8-,9+/m0/s1. The van der Waals surface area contributed by atoms with Crippen LogP contribution in [0.1, 0.15) is 6.92 Å². The van der Waals surface area contributed by atoms with Gasteiger partial charge < -0.3 is 37.1 Å². The molecule has 2 amide bonds. The summed E-state index contributed by atoms with van der Waals surface area (Å²) in [5.74, 6) is -3.66. The normalized spacial score (nSPS) is 24.5. The molecule has 0 aromatic rings. The zero-order valence-corrected chi connectivity index (χ0v) is 12.5. The van der Waals surface area contributed by atoms with E-state index < -0.39 is 47.8 Å². The van der Waals surface area contributed by atoms with E-state index >= 15 is 0 Å². The second-order valence-electron chi connectivity index (χ2n) is 4.75. The van der Waals surface area contributed by atoms with E-state index in [2.05, 4.69) is 15.6 Å². The van der Waals surface area contributed by atoms with Crippen molar-refractivity contribution in [2.75, 3.05) is 7.05 Å². The van der Waals surface area contributed by atoms with Crippen molar-refractivity contribution in [3.05, 3.63) is 11.8 Å². The third-order valence-electron chi connectivity index (χ3n) is 3.01. The highest BCUT2D eigenvalue weighted by atomic mass is 16.5. The Bertz CT molecular complexity index is 556. The minimum absolute atomic E-state index is 0.360. The van der Waals surface area contributed by atoms with Gasteiger partial charge in [0.2, 0.25) is 11.7 Å². The van der Waals surface area contributed by atoms with Gasteiger partial charge >= 0.3 is 5.97 Å². The Labute approximate surface area is 131 Å². The number of rotatable bonds is 5. The molecule has 0 bridgehead atoms. The summed E-state index contributed by atoms with van der Waals surface area (Å²) in [7, 11) is 1.28. The molecule has 0 spiro atoms. The van der Waals surface area contributed by atoms with Gasteiger partial charge in [0, 0.05) is 14.0 Å². The fourth-order valence-corrected chi connectivity index (χ4v) is 2.08. The number of carbonyl (C=O) groups is 3. The maximum absolute atomic E-state index is 11.6. The molecule has 1 heterocycles. The molecule has 0 unspecified atom stereocenters. The van der Waals surface area contributed by atoms with Gasteiger partial charge in [-0.1, -0.05) is 0 Å². The van der Waals surface area contributed by atoms with Gasteiger partial charge in [0.1, 0.15) is 0 Å². The lowest BCUT2D eigenvalue weighted by atomic mass is 9.94. The SMILES string of the molecule is CNC(=O)[C@@H](O)[C@@H]1OC(C(=O)O)=C[C@H](N=C(N)N)[C@H]1NC(C)=O. The first-order valence-electron chi connectivity index (χ1n) is 6.54. The molecule has 0 aliphatic carbocycles. The molecule has 1 aliphatic heterocycles. The Hall–Kier alpha value is -2.82. The first-order valence-corrected chi connectivity index (χ1v) is 6.54. The molecular formula is C12H19N5O6. The molecule has 23 heavy (non-hydrogen) atoms. The predicted molar refractivity (Wildman–Crippen MR) is 77.9 cm³/mol. The molecule has 0 radical (unpaired) electrons. The molecule has 0 aromatic heterocycles. The van der Waals surface area contributed by atoms with Crippen LogP contribution >= 0.6 is 0 Å². The minimum atomic E-state index is -1.75. The summed E-state index contributed by atoms with van der Waals surface area (Å²) in [6.45, 7) is 1.20. The molecular weight excluding hydrogens is 310 g/mol. The van der Waals surface area contributed by atoms with Crippen LogP contribution in [-0.4, -0.2) is 65.3 Å². The first-order chi connectivity index (χ1) is 10.7. The van der Waals surface area contributed by atoms with Crippen molar-refractivity contribution in [1.29, 1.82) is 0 Å². The molecule has 0 saturated carbocycles. The number of hydrogen-bond acceptors (Lipinski definition) is 6. The lowest BCUT2D eigenvalue weighted by Crippen LogP contribution is -2.59. The fraction of sp³-hybridized carbons (Fsp3) is 0.500.